The fraction of sp³-hybridized carbons (Fsp3) is 1.00. The van der Waals surface area contributed by atoms with Crippen LogP contribution < -0.4 is 5.32 Å². The van der Waals surface area contributed by atoms with Gasteiger partial charge in [-0.1, -0.05) is 6.92 Å². The van der Waals surface area contributed by atoms with Gasteiger partial charge in [0.2, 0.25) is 0 Å². The van der Waals surface area contributed by atoms with Crippen LogP contribution in [0.5, 0.6) is 0 Å². The van der Waals surface area contributed by atoms with E-state index < -0.39 is 10.2 Å². The molecule has 0 aliphatic carbocycles. The number of nitrogens with zero attached hydrogens (tertiary/aromatic N) is 2. The molecule has 0 bridgehead atoms. The van der Waals surface area contributed by atoms with Crippen LogP contribution in [0.4, 0.5) is 0 Å². The van der Waals surface area contributed by atoms with Crippen LogP contribution in [-0.2, 0) is 10.2 Å². The van der Waals surface area contributed by atoms with Gasteiger partial charge in [0.1, 0.15) is 0 Å². The van der Waals surface area contributed by atoms with E-state index in [2.05, 4.69) is 12.2 Å². The zero-order valence-corrected chi connectivity index (χ0v) is 11.9. The Labute approximate surface area is 112 Å². The number of nitrogens with one attached hydrogen (secondary N) is 1. The van der Waals surface area contributed by atoms with E-state index in [-0.39, 0.29) is 13.8 Å². The van der Waals surface area contributed by atoms with Gasteiger partial charge in [-0.2, -0.15) is 17.0 Å². The largest absolute Gasteiger partial charge is 0.314 e. The number of rotatable bonds is 2. The van der Waals surface area contributed by atoms with Gasteiger partial charge < -0.3 is 5.32 Å². The zero-order chi connectivity index (χ0) is 11.6. The molecule has 2 aliphatic rings. The SMILES string of the molecule is CC1CCN(S(=O)(=O)N2CCNCC2)CC1.Cl.[HH]. The summed E-state index contributed by atoms with van der Waals surface area (Å²) in [7, 11) is -3.18. The number of piperidine rings is 1. The van der Waals surface area contributed by atoms with E-state index >= 15 is 0 Å². The minimum absolute atomic E-state index is 0. The van der Waals surface area contributed by atoms with Crippen molar-refractivity contribution in [1.29, 1.82) is 0 Å². The molecule has 0 atom stereocenters. The van der Waals surface area contributed by atoms with Crippen LogP contribution in [0.15, 0.2) is 0 Å². The molecule has 0 aromatic rings. The van der Waals surface area contributed by atoms with E-state index in [0.717, 1.165) is 25.9 Å². The third-order valence-electron chi connectivity index (χ3n) is 3.47. The topological polar surface area (TPSA) is 52.7 Å². The van der Waals surface area contributed by atoms with Crippen molar-refractivity contribution in [3.8, 4) is 0 Å². The Balaban J connectivity index is 0.00000144. The Morgan fingerprint density at radius 2 is 1.53 bits per heavy atom. The van der Waals surface area contributed by atoms with Gasteiger partial charge in [-0.05, 0) is 18.8 Å². The highest BCUT2D eigenvalue weighted by Gasteiger charge is 2.32. The lowest BCUT2D eigenvalue weighted by Gasteiger charge is -2.35. The lowest BCUT2D eigenvalue weighted by molar-refractivity contribution is 0.256. The van der Waals surface area contributed by atoms with E-state index in [1.54, 1.807) is 8.61 Å². The van der Waals surface area contributed by atoms with Gasteiger partial charge in [-0.15, -0.1) is 12.4 Å². The van der Waals surface area contributed by atoms with E-state index in [9.17, 15) is 8.42 Å². The van der Waals surface area contributed by atoms with Gasteiger partial charge in [0.15, 0.2) is 0 Å². The Morgan fingerprint density at radius 3 is 2.06 bits per heavy atom. The number of halogens is 1. The Kier molecular flexibility index (Phi) is 5.66. The van der Waals surface area contributed by atoms with Gasteiger partial charge in [0.05, 0.1) is 0 Å². The third kappa shape index (κ3) is 3.54. The van der Waals surface area contributed by atoms with Crippen LogP contribution in [0.3, 0.4) is 0 Å². The molecule has 17 heavy (non-hydrogen) atoms. The molecule has 0 amide bonds. The van der Waals surface area contributed by atoms with Crippen molar-refractivity contribution in [2.45, 2.75) is 19.8 Å². The summed E-state index contributed by atoms with van der Waals surface area (Å²) in [5.41, 5.74) is 0. The maximum absolute atomic E-state index is 12.3. The second kappa shape index (κ2) is 6.33. The van der Waals surface area contributed by atoms with Crippen molar-refractivity contribution in [2.24, 2.45) is 5.92 Å². The van der Waals surface area contributed by atoms with Gasteiger partial charge >= 0.3 is 0 Å². The highest BCUT2D eigenvalue weighted by Crippen LogP contribution is 2.20. The minimum Gasteiger partial charge on any atom is -0.314 e. The summed E-state index contributed by atoms with van der Waals surface area (Å²) in [6.45, 7) is 6.31. The van der Waals surface area contributed by atoms with Gasteiger partial charge in [0, 0.05) is 40.7 Å². The maximum Gasteiger partial charge on any atom is 0.282 e. The quantitative estimate of drug-likeness (QED) is 0.806. The summed E-state index contributed by atoms with van der Waals surface area (Å²) in [5.74, 6) is 0.662. The lowest BCUT2D eigenvalue weighted by atomic mass is 10.0. The van der Waals surface area contributed by atoms with E-state index in [4.69, 9.17) is 0 Å². The van der Waals surface area contributed by atoms with Crippen molar-refractivity contribution < 1.29 is 9.84 Å². The van der Waals surface area contributed by atoms with Crippen LogP contribution in [-0.4, -0.2) is 56.3 Å². The van der Waals surface area contributed by atoms with Crippen molar-refractivity contribution in [1.82, 2.24) is 13.9 Å². The van der Waals surface area contributed by atoms with Gasteiger partial charge in [0.25, 0.3) is 10.2 Å². The lowest BCUT2D eigenvalue weighted by Crippen LogP contribution is -2.53. The molecule has 2 rings (SSSR count). The maximum atomic E-state index is 12.3. The minimum atomic E-state index is -3.18. The van der Waals surface area contributed by atoms with Crippen LogP contribution in [0.1, 0.15) is 21.2 Å². The second-order valence-electron chi connectivity index (χ2n) is 4.74. The first-order valence-corrected chi connectivity index (χ1v) is 7.46. The molecule has 0 spiro atoms. The third-order valence-corrected chi connectivity index (χ3v) is 5.51. The van der Waals surface area contributed by atoms with Crippen LogP contribution in [0, 0.1) is 5.92 Å². The molecule has 0 unspecified atom stereocenters. The molecule has 0 radical (unpaired) electrons. The fourth-order valence-electron chi connectivity index (χ4n) is 2.25. The predicted molar refractivity (Wildman–Crippen MR) is 72.7 cm³/mol. The normalized spacial score (nSPS) is 25.5. The Morgan fingerprint density at radius 1 is 1.06 bits per heavy atom. The fourth-order valence-corrected chi connectivity index (χ4v) is 3.90. The Hall–Kier alpha value is 0.120. The second-order valence-corrected chi connectivity index (χ2v) is 6.67. The standard InChI is InChI=1S/C10H21N3O2S.ClH.H2/c1-10-2-6-12(7-3-10)16(14,15)13-8-4-11-5-9-13;;/h10-11H,2-9H2,1H3;2*1H. The molecular weight excluding hydrogens is 262 g/mol. The molecule has 104 valence electrons. The predicted octanol–water partition coefficient (Wildman–Crippen LogP) is 0.536. The monoisotopic (exact) mass is 285 g/mol. The molecule has 0 aromatic carbocycles. The molecule has 0 aromatic heterocycles. The number of piperazine rings is 1. The summed E-state index contributed by atoms with van der Waals surface area (Å²) < 4.78 is 27.8. The summed E-state index contributed by atoms with van der Waals surface area (Å²) in [6.07, 6.45) is 1.98. The molecule has 2 fully saturated rings. The Bertz CT molecular complexity index is 328. The van der Waals surface area contributed by atoms with E-state index in [1.165, 1.54) is 0 Å². The van der Waals surface area contributed by atoms with Crippen molar-refractivity contribution in [2.75, 3.05) is 39.3 Å². The molecule has 5 nitrogen and oxygen atoms in total. The van der Waals surface area contributed by atoms with Crippen LogP contribution in [0.25, 0.3) is 0 Å². The average molecular weight is 286 g/mol. The molecule has 1 N–H and O–H groups in total. The van der Waals surface area contributed by atoms with Crippen LogP contribution >= 0.6 is 12.4 Å². The van der Waals surface area contributed by atoms with Crippen molar-refractivity contribution in [3.63, 3.8) is 0 Å². The smallest absolute Gasteiger partial charge is 0.282 e. The molecule has 2 aliphatic heterocycles. The first-order valence-electron chi connectivity index (χ1n) is 6.06. The van der Waals surface area contributed by atoms with Crippen molar-refractivity contribution in [3.05, 3.63) is 0 Å². The average Bonchev–Trinajstić information content (AvgIpc) is 2.31. The number of hydrogen-bond acceptors (Lipinski definition) is 3. The molecule has 0 saturated carbocycles. The zero-order valence-electron chi connectivity index (χ0n) is 10.3. The van der Waals surface area contributed by atoms with Gasteiger partial charge in [-0.25, -0.2) is 0 Å². The molecular formula is C10H24ClN3O2S. The first kappa shape index (κ1) is 15.2. The van der Waals surface area contributed by atoms with E-state index in [1.807, 2.05) is 0 Å². The van der Waals surface area contributed by atoms with E-state index in [0.29, 0.717) is 32.1 Å². The molecule has 2 heterocycles. The van der Waals surface area contributed by atoms with Gasteiger partial charge in [-0.3, -0.25) is 0 Å². The summed E-state index contributed by atoms with van der Waals surface area (Å²) in [6, 6.07) is 0. The summed E-state index contributed by atoms with van der Waals surface area (Å²) >= 11 is 0. The highest BCUT2D eigenvalue weighted by atomic mass is 35.5. The summed E-state index contributed by atoms with van der Waals surface area (Å²) in [5, 5.41) is 3.17. The molecule has 7 heteroatoms. The summed E-state index contributed by atoms with van der Waals surface area (Å²) in [4.78, 5) is 0. The number of hydrogen-bond donors (Lipinski definition) is 1. The molecule has 2 saturated heterocycles. The van der Waals surface area contributed by atoms with Crippen molar-refractivity contribution >= 4 is 22.6 Å². The van der Waals surface area contributed by atoms with Crippen LogP contribution in [0.2, 0.25) is 0 Å². The highest BCUT2D eigenvalue weighted by molar-refractivity contribution is 7.86. The first-order chi connectivity index (χ1) is 7.60.